The van der Waals surface area contributed by atoms with Crippen molar-refractivity contribution >= 4 is 23.5 Å². The zero-order chi connectivity index (χ0) is 15.6. The molecule has 0 aromatic heterocycles. The van der Waals surface area contributed by atoms with Crippen molar-refractivity contribution in [3.05, 3.63) is 0 Å². The number of carbonyl (C=O) groups is 4. The molecule has 110 valence electrons. The zero-order valence-corrected chi connectivity index (χ0v) is 12.4. The quantitative estimate of drug-likeness (QED) is 0.569. The minimum absolute atomic E-state index is 0.115. The van der Waals surface area contributed by atoms with Crippen molar-refractivity contribution in [3.63, 3.8) is 0 Å². The fourth-order valence-electron chi connectivity index (χ4n) is 0.856. The average molecular weight is 274 g/mol. The lowest BCUT2D eigenvalue weighted by Gasteiger charge is -2.18. The van der Waals surface area contributed by atoms with Crippen molar-refractivity contribution in [2.24, 2.45) is 0 Å². The van der Waals surface area contributed by atoms with Crippen LogP contribution in [0.1, 0.15) is 47.5 Å². The highest BCUT2D eigenvalue weighted by Gasteiger charge is 2.16. The third-order valence-corrected chi connectivity index (χ3v) is 1.43. The Bertz CT molecular complexity index is 338. The monoisotopic (exact) mass is 274 g/mol. The minimum Gasteiger partial charge on any atom is -0.469 e. The number of Topliss-reactive ketones (excluding diaryl/α,β-unsaturated/α-hetero) is 2. The van der Waals surface area contributed by atoms with Crippen LogP contribution in [0.4, 0.5) is 0 Å². The van der Waals surface area contributed by atoms with Crippen molar-refractivity contribution in [1.29, 1.82) is 0 Å². The van der Waals surface area contributed by atoms with Gasteiger partial charge in [0.05, 0.1) is 7.11 Å². The molecular formula is C13H22O6. The van der Waals surface area contributed by atoms with E-state index in [1.54, 1.807) is 20.8 Å². The number of esters is 2. The lowest BCUT2D eigenvalue weighted by atomic mass is 10.2. The molecule has 0 rings (SSSR count). The van der Waals surface area contributed by atoms with Gasteiger partial charge in [-0.2, -0.15) is 0 Å². The van der Waals surface area contributed by atoms with Crippen molar-refractivity contribution < 1.29 is 28.7 Å². The van der Waals surface area contributed by atoms with Crippen LogP contribution in [0.2, 0.25) is 0 Å². The molecule has 0 aromatic carbocycles. The summed E-state index contributed by atoms with van der Waals surface area (Å²) in [6.45, 7) is 8.02. The molecule has 0 unspecified atom stereocenters. The highest BCUT2D eigenvalue weighted by Crippen LogP contribution is 2.07. The molecule has 0 saturated heterocycles. The van der Waals surface area contributed by atoms with Crippen molar-refractivity contribution in [1.82, 2.24) is 0 Å². The molecule has 0 spiro atoms. The molecule has 6 heteroatoms. The number of ketones is 2. The van der Waals surface area contributed by atoms with Crippen molar-refractivity contribution in [2.75, 3.05) is 7.11 Å². The van der Waals surface area contributed by atoms with Crippen LogP contribution in [0.15, 0.2) is 0 Å². The van der Waals surface area contributed by atoms with Gasteiger partial charge in [0.25, 0.3) is 0 Å². The lowest BCUT2D eigenvalue weighted by Crippen LogP contribution is -2.24. The van der Waals surface area contributed by atoms with Crippen LogP contribution in [0.5, 0.6) is 0 Å². The molecule has 0 heterocycles. The first-order valence-corrected chi connectivity index (χ1v) is 5.75. The fraction of sp³-hybridized carbons (Fsp3) is 0.692. The van der Waals surface area contributed by atoms with E-state index in [0.29, 0.717) is 0 Å². The van der Waals surface area contributed by atoms with E-state index in [1.807, 2.05) is 0 Å². The summed E-state index contributed by atoms with van der Waals surface area (Å²) >= 11 is 0. The normalized spacial score (nSPS) is 9.79. The van der Waals surface area contributed by atoms with Crippen LogP contribution in [-0.2, 0) is 28.7 Å². The first kappa shape index (κ1) is 19.6. The molecule has 0 fully saturated rings. The SMILES string of the molecule is CC(=O)CC(=O)OC(C)(C)C.COC(=O)CC(C)=O. The second-order valence-electron chi connectivity index (χ2n) is 4.92. The number of hydrogen-bond acceptors (Lipinski definition) is 6. The van der Waals surface area contributed by atoms with Gasteiger partial charge < -0.3 is 9.47 Å². The van der Waals surface area contributed by atoms with Crippen molar-refractivity contribution in [3.8, 4) is 0 Å². The highest BCUT2D eigenvalue weighted by atomic mass is 16.6. The van der Waals surface area contributed by atoms with E-state index in [0.717, 1.165) is 0 Å². The summed E-state index contributed by atoms with van der Waals surface area (Å²) in [6.07, 6.45) is -0.242. The van der Waals surface area contributed by atoms with Gasteiger partial charge in [-0.05, 0) is 34.6 Å². The lowest BCUT2D eigenvalue weighted by molar-refractivity contribution is -0.156. The van der Waals surface area contributed by atoms with E-state index in [4.69, 9.17) is 4.74 Å². The largest absolute Gasteiger partial charge is 0.469 e. The number of carbonyl (C=O) groups excluding carboxylic acids is 4. The van der Waals surface area contributed by atoms with Crippen molar-refractivity contribution in [2.45, 2.75) is 53.1 Å². The van der Waals surface area contributed by atoms with Gasteiger partial charge in [-0.25, -0.2) is 0 Å². The standard InChI is InChI=1S/C8H14O3.C5H8O3/c1-6(9)5-7(10)11-8(2,3)4;1-4(6)3-5(7)8-2/h5H2,1-4H3;3H2,1-2H3. The average Bonchev–Trinajstić information content (AvgIpc) is 2.12. The van der Waals surface area contributed by atoms with Crippen LogP contribution in [0, 0.1) is 0 Å². The molecule has 0 saturated carbocycles. The molecule has 0 N–H and O–H groups in total. The summed E-state index contributed by atoms with van der Waals surface area (Å²) < 4.78 is 9.09. The van der Waals surface area contributed by atoms with Gasteiger partial charge in [0, 0.05) is 0 Å². The summed E-state index contributed by atoms with van der Waals surface area (Å²) in [4.78, 5) is 41.6. The molecule has 0 radical (unpaired) electrons. The number of ether oxygens (including phenoxy) is 2. The molecule has 19 heavy (non-hydrogen) atoms. The maximum absolute atomic E-state index is 10.8. The van der Waals surface area contributed by atoms with Crippen LogP contribution in [-0.4, -0.2) is 36.2 Å². The van der Waals surface area contributed by atoms with Crippen LogP contribution >= 0.6 is 0 Å². The Morgan fingerprint density at radius 2 is 1.21 bits per heavy atom. The Morgan fingerprint density at radius 3 is 1.42 bits per heavy atom. The van der Waals surface area contributed by atoms with Gasteiger partial charge in [0.15, 0.2) is 0 Å². The molecular weight excluding hydrogens is 252 g/mol. The zero-order valence-electron chi connectivity index (χ0n) is 12.4. The summed E-state index contributed by atoms with van der Waals surface area (Å²) in [5.74, 6) is -1.27. The topological polar surface area (TPSA) is 86.7 Å². The smallest absolute Gasteiger partial charge is 0.313 e. The predicted molar refractivity (Wildman–Crippen MR) is 68.5 cm³/mol. The highest BCUT2D eigenvalue weighted by molar-refractivity contribution is 5.94. The van der Waals surface area contributed by atoms with E-state index in [1.165, 1.54) is 21.0 Å². The molecule has 0 bridgehead atoms. The Labute approximate surface area is 113 Å². The number of hydrogen-bond donors (Lipinski definition) is 0. The van der Waals surface area contributed by atoms with Gasteiger partial charge in [-0.1, -0.05) is 0 Å². The Balaban J connectivity index is 0. The Kier molecular flexibility index (Phi) is 9.54. The maximum atomic E-state index is 10.8. The van der Waals surface area contributed by atoms with Crippen LogP contribution < -0.4 is 0 Å². The number of methoxy groups -OCH3 is 1. The first-order valence-electron chi connectivity index (χ1n) is 5.75. The van der Waals surface area contributed by atoms with E-state index in [-0.39, 0.29) is 24.4 Å². The van der Waals surface area contributed by atoms with E-state index >= 15 is 0 Å². The summed E-state index contributed by atoms with van der Waals surface area (Å²) in [5, 5.41) is 0. The first-order chi connectivity index (χ1) is 8.47. The molecule has 0 aliphatic heterocycles. The van der Waals surface area contributed by atoms with E-state index in [9.17, 15) is 19.2 Å². The molecule has 0 atom stereocenters. The minimum atomic E-state index is -0.494. The van der Waals surface area contributed by atoms with Gasteiger partial charge in [-0.3, -0.25) is 19.2 Å². The summed E-state index contributed by atoms with van der Waals surface area (Å²) in [7, 11) is 1.26. The van der Waals surface area contributed by atoms with Gasteiger partial charge in [0.1, 0.15) is 30.0 Å². The third kappa shape index (κ3) is 18.8. The van der Waals surface area contributed by atoms with Gasteiger partial charge in [-0.15, -0.1) is 0 Å². The van der Waals surface area contributed by atoms with Crippen LogP contribution in [0.25, 0.3) is 0 Å². The fourth-order valence-corrected chi connectivity index (χ4v) is 0.856. The molecule has 0 aliphatic rings. The van der Waals surface area contributed by atoms with Crippen LogP contribution in [0.3, 0.4) is 0 Å². The number of rotatable bonds is 4. The van der Waals surface area contributed by atoms with Gasteiger partial charge >= 0.3 is 11.9 Å². The molecule has 6 nitrogen and oxygen atoms in total. The maximum Gasteiger partial charge on any atom is 0.313 e. The van der Waals surface area contributed by atoms with E-state index in [2.05, 4.69) is 4.74 Å². The molecule has 0 amide bonds. The van der Waals surface area contributed by atoms with Gasteiger partial charge in [0.2, 0.25) is 0 Å². The third-order valence-electron chi connectivity index (χ3n) is 1.43. The molecule has 0 aromatic rings. The summed E-state index contributed by atoms with van der Waals surface area (Å²) in [5.41, 5.74) is -0.494. The Hall–Kier alpha value is -1.72. The summed E-state index contributed by atoms with van der Waals surface area (Å²) in [6, 6.07) is 0. The predicted octanol–water partition coefficient (Wildman–Crippen LogP) is 1.45. The molecule has 0 aliphatic carbocycles. The van der Waals surface area contributed by atoms with E-state index < -0.39 is 17.5 Å². The second kappa shape index (κ2) is 9.24. The second-order valence-corrected chi connectivity index (χ2v) is 4.92. The Morgan fingerprint density at radius 1 is 0.842 bits per heavy atom.